The van der Waals surface area contributed by atoms with Gasteiger partial charge in [0.05, 0.1) is 17.5 Å². The maximum Gasteiger partial charge on any atom is 0.238 e. The second-order valence-corrected chi connectivity index (χ2v) is 7.67. The number of fused-ring (bicyclic) bond motifs is 5. The van der Waals surface area contributed by atoms with E-state index >= 15 is 0 Å². The first kappa shape index (κ1) is 16.9. The van der Waals surface area contributed by atoms with Gasteiger partial charge in [-0.1, -0.05) is 60.7 Å². The van der Waals surface area contributed by atoms with Crippen molar-refractivity contribution in [1.29, 1.82) is 0 Å². The Kier molecular flexibility index (Phi) is 3.86. The molecule has 0 radical (unpaired) electrons. The third-order valence-electron chi connectivity index (χ3n) is 6.09. The summed E-state index contributed by atoms with van der Waals surface area (Å²) in [5.74, 6) is -0.538. The average molecular weight is 369 g/mol. The molecule has 4 atom stereocenters. The summed E-state index contributed by atoms with van der Waals surface area (Å²) in [6.45, 7) is 0. The number of rotatable bonds is 4. The molecule has 2 aromatic carbocycles. The van der Waals surface area contributed by atoms with Crippen molar-refractivity contribution < 1.29 is 14.4 Å². The standard InChI is InChI=1S/C24H19NO3/c26-20(12-9-15-5-2-1-3-6-15)16-7-4-8-19(14-16)25-23(27)21-17-10-11-18(13-17)22(21)24(25)28/h1-12,14,17-18,21-22H,13H2/b12-9-/t17-,18-,21+,22+/m0/s1. The summed E-state index contributed by atoms with van der Waals surface area (Å²) in [5, 5.41) is 0. The largest absolute Gasteiger partial charge is 0.289 e. The molecule has 1 aliphatic heterocycles. The van der Waals surface area contributed by atoms with Crippen LogP contribution in [0, 0.1) is 23.7 Å². The monoisotopic (exact) mass is 369 g/mol. The number of hydrogen-bond acceptors (Lipinski definition) is 3. The number of ketones is 1. The van der Waals surface area contributed by atoms with Crippen LogP contribution in [0.15, 0.2) is 72.8 Å². The Hall–Kier alpha value is -3.27. The Bertz CT molecular complexity index is 1010. The van der Waals surface area contributed by atoms with Crippen LogP contribution in [0.2, 0.25) is 0 Å². The lowest BCUT2D eigenvalue weighted by molar-refractivity contribution is -0.123. The van der Waals surface area contributed by atoms with Crippen LogP contribution in [0.5, 0.6) is 0 Å². The van der Waals surface area contributed by atoms with Crippen LogP contribution in [0.3, 0.4) is 0 Å². The van der Waals surface area contributed by atoms with Crippen LogP contribution in [0.4, 0.5) is 5.69 Å². The van der Waals surface area contributed by atoms with Crippen LogP contribution in [0.1, 0.15) is 22.3 Å². The van der Waals surface area contributed by atoms with Crippen LogP contribution in [-0.2, 0) is 9.59 Å². The van der Waals surface area contributed by atoms with E-state index in [1.807, 2.05) is 30.3 Å². The van der Waals surface area contributed by atoms with E-state index in [2.05, 4.69) is 12.2 Å². The highest BCUT2D eigenvalue weighted by molar-refractivity contribution is 6.23. The van der Waals surface area contributed by atoms with Gasteiger partial charge in [-0.15, -0.1) is 0 Å². The molecule has 5 rings (SSSR count). The van der Waals surface area contributed by atoms with E-state index in [-0.39, 0.29) is 41.3 Å². The lowest BCUT2D eigenvalue weighted by atomic mass is 9.85. The number of anilines is 1. The fraction of sp³-hybridized carbons (Fsp3) is 0.208. The molecule has 4 nitrogen and oxygen atoms in total. The van der Waals surface area contributed by atoms with Crippen LogP contribution in [0.25, 0.3) is 6.08 Å². The highest BCUT2D eigenvalue weighted by Gasteiger charge is 2.59. The Morgan fingerprint density at radius 1 is 0.893 bits per heavy atom. The molecule has 3 aliphatic rings. The maximum absolute atomic E-state index is 13.0. The van der Waals surface area contributed by atoms with E-state index in [0.717, 1.165) is 12.0 Å². The van der Waals surface area contributed by atoms with E-state index in [4.69, 9.17) is 0 Å². The summed E-state index contributed by atoms with van der Waals surface area (Å²) in [7, 11) is 0. The van der Waals surface area contributed by atoms with E-state index in [0.29, 0.717) is 11.3 Å². The number of imide groups is 1. The van der Waals surface area contributed by atoms with Crippen LogP contribution < -0.4 is 4.90 Å². The van der Waals surface area contributed by atoms with Gasteiger partial charge in [0.15, 0.2) is 5.78 Å². The van der Waals surface area contributed by atoms with Crippen LogP contribution in [-0.4, -0.2) is 17.6 Å². The molecule has 2 bridgehead atoms. The Labute approximate surface area is 163 Å². The molecule has 2 aliphatic carbocycles. The normalized spacial score (nSPS) is 27.8. The minimum atomic E-state index is -0.236. The Morgan fingerprint density at radius 2 is 1.57 bits per heavy atom. The third kappa shape index (κ3) is 2.56. The summed E-state index contributed by atoms with van der Waals surface area (Å²) >= 11 is 0. The fourth-order valence-electron chi connectivity index (χ4n) is 4.79. The van der Waals surface area contributed by atoms with Crippen molar-refractivity contribution in [2.45, 2.75) is 6.42 Å². The maximum atomic E-state index is 13.0. The van der Waals surface area contributed by atoms with Crippen molar-refractivity contribution in [2.75, 3.05) is 4.90 Å². The molecule has 138 valence electrons. The predicted molar refractivity (Wildman–Crippen MR) is 106 cm³/mol. The molecule has 4 heteroatoms. The highest BCUT2D eigenvalue weighted by atomic mass is 16.2. The van der Waals surface area contributed by atoms with Gasteiger partial charge in [0.25, 0.3) is 0 Å². The molecule has 2 aromatic rings. The zero-order valence-electron chi connectivity index (χ0n) is 15.2. The smallest absolute Gasteiger partial charge is 0.238 e. The van der Waals surface area contributed by atoms with Crippen molar-refractivity contribution in [3.63, 3.8) is 0 Å². The highest BCUT2D eigenvalue weighted by Crippen LogP contribution is 2.53. The van der Waals surface area contributed by atoms with Crippen molar-refractivity contribution in [2.24, 2.45) is 23.7 Å². The number of carbonyl (C=O) groups is 3. The van der Waals surface area contributed by atoms with E-state index < -0.39 is 0 Å². The van der Waals surface area contributed by atoms with Crippen molar-refractivity contribution in [3.05, 3.63) is 84.0 Å². The van der Waals surface area contributed by atoms with Gasteiger partial charge in [-0.05, 0) is 42.0 Å². The molecule has 2 fully saturated rings. The van der Waals surface area contributed by atoms with Gasteiger partial charge in [0.1, 0.15) is 0 Å². The molecule has 2 amide bonds. The fourth-order valence-corrected chi connectivity index (χ4v) is 4.79. The molecular formula is C24H19NO3. The van der Waals surface area contributed by atoms with E-state index in [1.165, 1.54) is 11.0 Å². The van der Waals surface area contributed by atoms with Gasteiger partial charge in [0.2, 0.25) is 11.8 Å². The molecule has 1 saturated carbocycles. The van der Waals surface area contributed by atoms with Gasteiger partial charge in [-0.25, -0.2) is 4.90 Å². The number of carbonyl (C=O) groups excluding carboxylic acids is 3. The van der Waals surface area contributed by atoms with Crippen molar-refractivity contribution >= 4 is 29.4 Å². The zero-order chi connectivity index (χ0) is 19.3. The summed E-state index contributed by atoms with van der Waals surface area (Å²) < 4.78 is 0. The van der Waals surface area contributed by atoms with E-state index in [1.54, 1.807) is 30.3 Å². The van der Waals surface area contributed by atoms with Crippen molar-refractivity contribution in [3.8, 4) is 0 Å². The number of allylic oxidation sites excluding steroid dienone is 3. The number of nitrogens with zero attached hydrogens (tertiary/aromatic N) is 1. The molecule has 0 spiro atoms. The zero-order valence-corrected chi connectivity index (χ0v) is 15.2. The second kappa shape index (κ2) is 6.41. The Balaban J connectivity index is 1.41. The Morgan fingerprint density at radius 3 is 2.25 bits per heavy atom. The molecular weight excluding hydrogens is 350 g/mol. The lowest BCUT2D eigenvalue weighted by Crippen LogP contribution is -2.32. The second-order valence-electron chi connectivity index (χ2n) is 7.67. The quantitative estimate of drug-likeness (QED) is 0.356. The predicted octanol–water partition coefficient (Wildman–Crippen LogP) is 3.89. The van der Waals surface area contributed by atoms with Crippen molar-refractivity contribution in [1.82, 2.24) is 0 Å². The number of benzene rings is 2. The first-order chi connectivity index (χ1) is 13.6. The minimum absolute atomic E-state index is 0.128. The summed E-state index contributed by atoms with van der Waals surface area (Å²) in [5.41, 5.74) is 1.89. The van der Waals surface area contributed by atoms with Gasteiger partial charge in [0, 0.05) is 5.56 Å². The summed E-state index contributed by atoms with van der Waals surface area (Å²) in [4.78, 5) is 39.8. The SMILES string of the molecule is O=C(/C=C\c1ccccc1)c1cccc(N2C(=O)[C@H]3[C@H](C2=O)[C@H]2C=C[C@H]3C2)c1. The topological polar surface area (TPSA) is 54.5 Å². The molecule has 1 heterocycles. The minimum Gasteiger partial charge on any atom is -0.289 e. The number of hydrogen-bond donors (Lipinski definition) is 0. The summed E-state index contributed by atoms with van der Waals surface area (Å²) in [6, 6.07) is 16.4. The average Bonchev–Trinajstić information content (AvgIpc) is 3.41. The van der Waals surface area contributed by atoms with Crippen LogP contribution >= 0.6 is 0 Å². The van der Waals surface area contributed by atoms with Gasteiger partial charge >= 0.3 is 0 Å². The van der Waals surface area contributed by atoms with E-state index in [9.17, 15) is 14.4 Å². The van der Waals surface area contributed by atoms with Gasteiger partial charge in [-0.3, -0.25) is 14.4 Å². The molecule has 0 unspecified atom stereocenters. The lowest BCUT2D eigenvalue weighted by Gasteiger charge is -2.17. The van der Waals surface area contributed by atoms with Gasteiger partial charge < -0.3 is 0 Å². The molecule has 28 heavy (non-hydrogen) atoms. The van der Waals surface area contributed by atoms with Gasteiger partial charge in [-0.2, -0.15) is 0 Å². The third-order valence-corrected chi connectivity index (χ3v) is 6.09. The number of amides is 2. The molecule has 0 aromatic heterocycles. The molecule has 0 N–H and O–H groups in total. The molecule has 1 saturated heterocycles. The first-order valence-corrected chi connectivity index (χ1v) is 9.57. The first-order valence-electron chi connectivity index (χ1n) is 9.57. The summed E-state index contributed by atoms with van der Waals surface area (Å²) in [6.07, 6.45) is 8.34.